The first-order valence-corrected chi connectivity index (χ1v) is 10.5. The van der Waals surface area contributed by atoms with Crippen molar-refractivity contribution < 1.29 is 32.6 Å². The zero-order valence-corrected chi connectivity index (χ0v) is 18.0. The van der Waals surface area contributed by atoms with Gasteiger partial charge in [0.05, 0.1) is 17.8 Å². The quantitative estimate of drug-likeness (QED) is 0.463. The number of aliphatic carboxylic acids is 1. The van der Waals surface area contributed by atoms with Crippen LogP contribution in [0.15, 0.2) is 34.9 Å². The monoisotopic (exact) mass is 473 g/mol. The van der Waals surface area contributed by atoms with Crippen molar-refractivity contribution in [3.63, 3.8) is 0 Å². The minimum absolute atomic E-state index is 0.110. The molecule has 1 aliphatic carbocycles. The summed E-state index contributed by atoms with van der Waals surface area (Å²) < 4.78 is 37.5. The van der Waals surface area contributed by atoms with Gasteiger partial charge in [-0.15, -0.1) is 5.10 Å². The van der Waals surface area contributed by atoms with E-state index in [1.165, 1.54) is 12.3 Å². The molecule has 1 aromatic carbocycles. The molecule has 12 heteroatoms. The molecule has 0 radical (unpaired) electrons. The van der Waals surface area contributed by atoms with E-state index in [9.17, 15) is 18.4 Å². The maximum absolute atomic E-state index is 13.3. The first kappa shape index (κ1) is 23.1. The second-order valence-electron chi connectivity index (χ2n) is 7.90. The number of carbonyl (C=O) groups excluding carboxylic acids is 1. The number of ether oxygens (including phenoxy) is 1. The lowest BCUT2D eigenvalue weighted by Gasteiger charge is -2.26. The molecule has 10 nitrogen and oxygen atoms in total. The van der Waals surface area contributed by atoms with Crippen LogP contribution in [0.4, 0.5) is 26.2 Å². The van der Waals surface area contributed by atoms with E-state index in [1.807, 2.05) is 0 Å². The molecule has 1 saturated carbocycles. The molecule has 0 bridgehead atoms. The van der Waals surface area contributed by atoms with Crippen LogP contribution in [-0.2, 0) is 4.79 Å². The fourth-order valence-corrected chi connectivity index (χ4v) is 3.59. The van der Waals surface area contributed by atoms with Crippen LogP contribution in [0.3, 0.4) is 0 Å². The van der Waals surface area contributed by atoms with Gasteiger partial charge in [0.15, 0.2) is 11.6 Å². The summed E-state index contributed by atoms with van der Waals surface area (Å²) in [6.45, 7) is 1.78. The number of halogens is 2. The molecule has 1 amide bonds. The zero-order chi connectivity index (χ0) is 24.2. The van der Waals surface area contributed by atoms with Gasteiger partial charge in [0, 0.05) is 17.3 Å². The lowest BCUT2D eigenvalue weighted by atomic mass is 9.87. The molecular weight excluding hydrogens is 452 g/mol. The van der Waals surface area contributed by atoms with Crippen LogP contribution < -0.4 is 15.4 Å². The number of nitrogens with zero attached hydrogens (tertiary/aromatic N) is 3. The van der Waals surface area contributed by atoms with Gasteiger partial charge >= 0.3 is 23.8 Å². The largest absolute Gasteiger partial charge is 0.481 e. The summed E-state index contributed by atoms with van der Waals surface area (Å²) in [5, 5.41) is 21.6. The third-order valence-electron chi connectivity index (χ3n) is 5.38. The molecule has 1 aliphatic rings. The van der Waals surface area contributed by atoms with Crippen LogP contribution in [0.1, 0.15) is 41.9 Å². The Kier molecular flexibility index (Phi) is 6.66. The van der Waals surface area contributed by atoms with Crippen LogP contribution in [-0.4, -0.2) is 38.3 Å². The standard InChI is InChI=1S/C22H21F2N5O5/c1-11-8-14(10-25-19(11)33-15-5-2-12(3-6-15)21(31)32)26-18(30)20-28-29-22(34-20)27-13-4-7-16(23)17(24)9-13/h4,7-10,12,15H,2-3,5-6H2,1H3,(H,26,30)(H,27,29)(H,31,32). The van der Waals surface area contributed by atoms with Crippen LogP contribution in [0.5, 0.6) is 5.88 Å². The van der Waals surface area contributed by atoms with Crippen molar-refractivity contribution in [1.82, 2.24) is 15.2 Å². The SMILES string of the molecule is Cc1cc(NC(=O)c2nnc(Nc3ccc(F)c(F)c3)o2)cnc1OC1CCC(C(=O)O)CC1. The lowest BCUT2D eigenvalue weighted by molar-refractivity contribution is -0.143. The third-order valence-corrected chi connectivity index (χ3v) is 5.38. The minimum atomic E-state index is -1.05. The van der Waals surface area contributed by atoms with Crippen molar-refractivity contribution >= 4 is 29.3 Å². The van der Waals surface area contributed by atoms with Crippen LogP contribution in [0.25, 0.3) is 0 Å². The van der Waals surface area contributed by atoms with Gasteiger partial charge in [0.1, 0.15) is 6.10 Å². The topological polar surface area (TPSA) is 139 Å². The van der Waals surface area contributed by atoms with E-state index < -0.39 is 23.5 Å². The maximum atomic E-state index is 13.3. The Morgan fingerprint density at radius 1 is 1.09 bits per heavy atom. The van der Waals surface area contributed by atoms with Gasteiger partial charge in [-0.25, -0.2) is 13.8 Å². The number of carboxylic acids is 1. The number of aryl methyl sites for hydroxylation is 1. The molecule has 34 heavy (non-hydrogen) atoms. The molecule has 0 saturated heterocycles. The van der Waals surface area contributed by atoms with E-state index in [0.29, 0.717) is 42.8 Å². The Morgan fingerprint density at radius 2 is 1.85 bits per heavy atom. The second kappa shape index (κ2) is 9.81. The van der Waals surface area contributed by atoms with Crippen molar-refractivity contribution in [2.24, 2.45) is 5.92 Å². The Bertz CT molecular complexity index is 1210. The van der Waals surface area contributed by atoms with Crippen LogP contribution >= 0.6 is 0 Å². The first-order valence-electron chi connectivity index (χ1n) is 10.5. The number of rotatable bonds is 7. The van der Waals surface area contributed by atoms with Gasteiger partial charge in [-0.3, -0.25) is 9.59 Å². The highest BCUT2D eigenvalue weighted by molar-refractivity contribution is 6.00. The number of hydrogen-bond acceptors (Lipinski definition) is 8. The van der Waals surface area contributed by atoms with E-state index in [2.05, 4.69) is 25.8 Å². The number of nitrogens with one attached hydrogen (secondary N) is 2. The number of carbonyl (C=O) groups is 2. The Hall–Kier alpha value is -4.09. The predicted octanol–water partition coefficient (Wildman–Crippen LogP) is 4.07. The van der Waals surface area contributed by atoms with Gasteiger partial charge < -0.3 is 24.9 Å². The summed E-state index contributed by atoms with van der Waals surface area (Å²) in [6.07, 6.45) is 3.69. The van der Waals surface area contributed by atoms with E-state index in [0.717, 1.165) is 12.1 Å². The number of benzene rings is 1. The summed E-state index contributed by atoms with van der Waals surface area (Å²) in [4.78, 5) is 27.8. The molecule has 1 fully saturated rings. The highest BCUT2D eigenvalue weighted by Crippen LogP contribution is 2.29. The second-order valence-corrected chi connectivity index (χ2v) is 7.90. The minimum Gasteiger partial charge on any atom is -0.481 e. The van der Waals surface area contributed by atoms with E-state index in [-0.39, 0.29) is 29.6 Å². The highest BCUT2D eigenvalue weighted by atomic mass is 19.2. The summed E-state index contributed by atoms with van der Waals surface area (Å²) in [5.41, 5.74) is 1.23. The lowest BCUT2D eigenvalue weighted by Crippen LogP contribution is -2.28. The van der Waals surface area contributed by atoms with Crippen LogP contribution in [0, 0.1) is 24.5 Å². The molecule has 178 valence electrons. The summed E-state index contributed by atoms with van der Waals surface area (Å²) in [5.74, 6) is -3.78. The van der Waals surface area contributed by atoms with Crippen molar-refractivity contribution in [2.75, 3.05) is 10.6 Å². The molecule has 0 atom stereocenters. The van der Waals surface area contributed by atoms with Gasteiger partial charge in [-0.05, 0) is 50.8 Å². The summed E-state index contributed by atoms with van der Waals surface area (Å²) in [7, 11) is 0. The van der Waals surface area contributed by atoms with E-state index >= 15 is 0 Å². The molecule has 0 aliphatic heterocycles. The molecule has 3 aromatic rings. The average molecular weight is 473 g/mol. The molecule has 3 N–H and O–H groups in total. The van der Waals surface area contributed by atoms with Gasteiger partial charge in [-0.1, -0.05) is 5.10 Å². The Labute approximate surface area is 192 Å². The number of pyridine rings is 1. The Balaban J connectivity index is 1.34. The number of amides is 1. The number of anilines is 3. The molecule has 4 rings (SSSR count). The molecular formula is C22H21F2N5O5. The first-order chi connectivity index (χ1) is 16.3. The average Bonchev–Trinajstić information content (AvgIpc) is 3.27. The maximum Gasteiger partial charge on any atom is 0.320 e. The van der Waals surface area contributed by atoms with Crippen molar-refractivity contribution in [3.05, 3.63) is 53.6 Å². The molecule has 2 heterocycles. The smallest absolute Gasteiger partial charge is 0.320 e. The predicted molar refractivity (Wildman–Crippen MR) is 115 cm³/mol. The summed E-state index contributed by atoms with van der Waals surface area (Å²) >= 11 is 0. The highest BCUT2D eigenvalue weighted by Gasteiger charge is 2.27. The fourth-order valence-electron chi connectivity index (χ4n) is 3.59. The normalized spacial score (nSPS) is 17.7. The van der Waals surface area contributed by atoms with Crippen LogP contribution in [0.2, 0.25) is 0 Å². The number of hydrogen-bond donors (Lipinski definition) is 3. The van der Waals surface area contributed by atoms with E-state index in [1.54, 1.807) is 13.0 Å². The molecule has 0 unspecified atom stereocenters. The number of aromatic nitrogens is 3. The van der Waals surface area contributed by atoms with Gasteiger partial charge in [0.25, 0.3) is 0 Å². The summed E-state index contributed by atoms with van der Waals surface area (Å²) in [6, 6.07) is 4.62. The fraction of sp³-hybridized carbons (Fsp3) is 0.318. The Morgan fingerprint density at radius 3 is 2.53 bits per heavy atom. The van der Waals surface area contributed by atoms with Crippen molar-refractivity contribution in [3.8, 4) is 5.88 Å². The zero-order valence-electron chi connectivity index (χ0n) is 18.0. The van der Waals surface area contributed by atoms with Crippen molar-refractivity contribution in [2.45, 2.75) is 38.7 Å². The van der Waals surface area contributed by atoms with E-state index in [4.69, 9.17) is 14.3 Å². The van der Waals surface area contributed by atoms with Gasteiger partial charge in [-0.2, -0.15) is 0 Å². The third kappa shape index (κ3) is 5.45. The molecule has 0 spiro atoms. The molecule has 2 aromatic heterocycles. The van der Waals surface area contributed by atoms with Gasteiger partial charge in [0.2, 0.25) is 5.88 Å². The van der Waals surface area contributed by atoms with Crippen molar-refractivity contribution in [1.29, 1.82) is 0 Å². The number of carboxylic acid groups (broad SMARTS) is 1.